The highest BCUT2D eigenvalue weighted by Crippen LogP contribution is 2.31. The number of rotatable bonds is 10. The highest BCUT2D eigenvalue weighted by atomic mass is 28.3. The topological polar surface area (TPSA) is 84.3 Å². The molecule has 2 N–H and O–H groups in total. The maximum atomic E-state index is 15.0. The lowest BCUT2D eigenvalue weighted by Gasteiger charge is -2.18. The van der Waals surface area contributed by atoms with Crippen LogP contribution >= 0.6 is 0 Å². The summed E-state index contributed by atoms with van der Waals surface area (Å²) in [5.41, 5.74) is 8.43. The maximum Gasteiger partial charge on any atom is 0.274 e. The van der Waals surface area contributed by atoms with Gasteiger partial charge in [-0.25, -0.2) is 4.39 Å². The largest absolute Gasteiger partial charge is 0.483 e. The van der Waals surface area contributed by atoms with E-state index >= 15 is 0 Å². The number of benzene rings is 1. The molecule has 0 fully saturated rings. The molecule has 3 heterocycles. The van der Waals surface area contributed by atoms with Crippen molar-refractivity contribution in [2.75, 3.05) is 12.3 Å². The summed E-state index contributed by atoms with van der Waals surface area (Å²) in [7, 11) is -1.28. The summed E-state index contributed by atoms with van der Waals surface area (Å²) < 4.78 is 30.4. The summed E-state index contributed by atoms with van der Waals surface area (Å²) in [6.07, 6.45) is 2.84. The van der Waals surface area contributed by atoms with Gasteiger partial charge in [0, 0.05) is 26.6 Å². The second kappa shape index (κ2) is 10.5. The predicted octanol–water partition coefficient (Wildman–Crippen LogP) is 4.86. The van der Waals surface area contributed by atoms with Crippen molar-refractivity contribution < 1.29 is 13.9 Å². The first-order valence-electron chi connectivity index (χ1n) is 11.6. The minimum atomic E-state index is -1.28. The van der Waals surface area contributed by atoms with Gasteiger partial charge in [0.05, 0.1) is 23.9 Å². The smallest absolute Gasteiger partial charge is 0.274 e. The van der Waals surface area contributed by atoms with Crippen LogP contribution < -0.4 is 16.0 Å². The third-order valence-corrected chi connectivity index (χ3v) is 7.44. The van der Waals surface area contributed by atoms with E-state index in [-0.39, 0.29) is 36.9 Å². The van der Waals surface area contributed by atoms with Crippen LogP contribution in [0.1, 0.15) is 11.3 Å². The summed E-state index contributed by atoms with van der Waals surface area (Å²) in [4.78, 5) is 16.8. The van der Waals surface area contributed by atoms with Crippen molar-refractivity contribution >= 4 is 24.8 Å². The minimum absolute atomic E-state index is 0.110. The third kappa shape index (κ3) is 5.98. The van der Waals surface area contributed by atoms with E-state index in [2.05, 4.69) is 24.6 Å². The third-order valence-electron chi connectivity index (χ3n) is 5.74. The molecule has 4 rings (SSSR count). The van der Waals surface area contributed by atoms with Crippen molar-refractivity contribution in [3.05, 3.63) is 88.4 Å². The van der Waals surface area contributed by atoms with Gasteiger partial charge in [-0.05, 0) is 29.8 Å². The second-order valence-electron chi connectivity index (χ2n) is 9.75. The van der Waals surface area contributed by atoms with Crippen LogP contribution in [0.15, 0.2) is 65.7 Å². The van der Waals surface area contributed by atoms with E-state index in [1.807, 2.05) is 41.0 Å². The number of fused-ring (bicyclic) bond motifs is 1. The minimum Gasteiger partial charge on any atom is -0.483 e. The van der Waals surface area contributed by atoms with Crippen molar-refractivity contribution in [2.45, 2.75) is 45.6 Å². The molecule has 0 aliphatic carbocycles. The van der Waals surface area contributed by atoms with E-state index in [0.717, 1.165) is 23.5 Å². The van der Waals surface area contributed by atoms with Gasteiger partial charge in [-0.15, -0.1) is 0 Å². The fraction of sp³-hybridized carbons (Fsp3) is 0.308. The summed E-state index contributed by atoms with van der Waals surface area (Å²) in [6.45, 7) is 8.08. The van der Waals surface area contributed by atoms with Gasteiger partial charge in [0.2, 0.25) is 0 Å². The second-order valence-corrected chi connectivity index (χ2v) is 15.4. The summed E-state index contributed by atoms with van der Waals surface area (Å²) in [5, 5.41) is 0. The molecule has 1 aromatic carbocycles. The van der Waals surface area contributed by atoms with E-state index in [1.165, 1.54) is 4.57 Å². The summed E-state index contributed by atoms with van der Waals surface area (Å²) in [5.74, 6) is -0.443. The van der Waals surface area contributed by atoms with Gasteiger partial charge in [-0.3, -0.25) is 9.78 Å². The van der Waals surface area contributed by atoms with Gasteiger partial charge in [-0.2, -0.15) is 0 Å². The molecular weight excluding hydrogens is 463 g/mol. The Labute approximate surface area is 204 Å². The lowest BCUT2D eigenvalue weighted by molar-refractivity contribution is 0.0878. The summed E-state index contributed by atoms with van der Waals surface area (Å²) in [6, 6.07) is 15.7. The number of nitrogens with zero attached hydrogens (tertiary/aromatic N) is 3. The van der Waals surface area contributed by atoms with Gasteiger partial charge < -0.3 is 24.3 Å². The van der Waals surface area contributed by atoms with Gasteiger partial charge in [0.1, 0.15) is 18.9 Å². The number of pyridine rings is 2. The van der Waals surface area contributed by atoms with Crippen molar-refractivity contribution in [2.24, 2.45) is 0 Å². The zero-order valence-corrected chi connectivity index (χ0v) is 21.3. The molecule has 0 spiro atoms. The first kappa shape index (κ1) is 24.7. The SMILES string of the molecule is C[Si](C)(C)CCOCn1c(Cn2cccc(N)c2=O)cc2ncc(F)c(OCc3ccccc3)c21. The normalized spacial score (nSPS) is 11.8. The Morgan fingerprint density at radius 3 is 2.63 bits per heavy atom. The van der Waals surface area contributed by atoms with E-state index in [0.29, 0.717) is 17.6 Å². The predicted molar refractivity (Wildman–Crippen MR) is 139 cm³/mol. The number of anilines is 1. The van der Waals surface area contributed by atoms with E-state index in [1.54, 1.807) is 18.3 Å². The number of hydrogen-bond donors (Lipinski definition) is 1. The molecule has 4 aromatic rings. The fourth-order valence-electron chi connectivity index (χ4n) is 3.76. The zero-order valence-electron chi connectivity index (χ0n) is 20.3. The van der Waals surface area contributed by atoms with Crippen molar-refractivity contribution in [3.8, 4) is 5.75 Å². The molecule has 0 amide bonds. The molecule has 3 aromatic heterocycles. The Kier molecular flexibility index (Phi) is 7.37. The van der Waals surface area contributed by atoms with E-state index in [4.69, 9.17) is 15.2 Å². The number of halogens is 1. The molecule has 0 aliphatic rings. The zero-order chi connectivity index (χ0) is 25.0. The summed E-state index contributed by atoms with van der Waals surface area (Å²) >= 11 is 0. The van der Waals surface area contributed by atoms with Crippen molar-refractivity contribution in [3.63, 3.8) is 0 Å². The molecule has 0 aliphatic heterocycles. The number of hydrogen-bond acceptors (Lipinski definition) is 5. The average molecular weight is 495 g/mol. The molecule has 7 nitrogen and oxygen atoms in total. The van der Waals surface area contributed by atoms with Gasteiger partial charge in [0.15, 0.2) is 11.6 Å². The molecule has 35 heavy (non-hydrogen) atoms. The van der Waals surface area contributed by atoms with Gasteiger partial charge >= 0.3 is 0 Å². The Morgan fingerprint density at radius 2 is 1.89 bits per heavy atom. The maximum absolute atomic E-state index is 15.0. The van der Waals surface area contributed by atoms with E-state index < -0.39 is 13.9 Å². The Hall–Kier alpha value is -3.43. The molecular formula is C26H31FN4O3Si. The quantitative estimate of drug-likeness (QED) is 0.251. The number of nitrogen functional groups attached to an aromatic ring is 1. The average Bonchev–Trinajstić information content (AvgIpc) is 3.16. The lowest BCUT2D eigenvalue weighted by Crippen LogP contribution is -2.24. The van der Waals surface area contributed by atoms with Crippen molar-refractivity contribution in [1.82, 2.24) is 14.1 Å². The Balaban J connectivity index is 1.72. The molecule has 0 saturated heterocycles. The highest BCUT2D eigenvalue weighted by molar-refractivity contribution is 6.76. The monoisotopic (exact) mass is 494 g/mol. The number of nitrogens with two attached hydrogens (primary N) is 1. The standard InChI is InChI=1S/C26H31FN4O3Si/c1-35(2,3)13-12-33-18-31-20(16-30-11-7-10-22(28)26(30)32)14-23-24(31)25(21(27)15-29-23)34-17-19-8-5-4-6-9-19/h4-11,14-15H,12-13,16-18,28H2,1-3H3. The van der Waals surface area contributed by atoms with E-state index in [9.17, 15) is 9.18 Å². The molecule has 0 bridgehead atoms. The van der Waals surface area contributed by atoms with Crippen LogP contribution in [-0.2, 0) is 24.6 Å². The van der Waals surface area contributed by atoms with Crippen molar-refractivity contribution in [1.29, 1.82) is 0 Å². The Morgan fingerprint density at radius 1 is 1.11 bits per heavy atom. The van der Waals surface area contributed by atoms with Crippen LogP contribution in [0.3, 0.4) is 0 Å². The lowest BCUT2D eigenvalue weighted by atomic mass is 10.2. The first-order valence-corrected chi connectivity index (χ1v) is 15.3. The van der Waals surface area contributed by atoms with Crippen LogP contribution in [0.2, 0.25) is 25.7 Å². The van der Waals surface area contributed by atoms with Gasteiger partial charge in [0.25, 0.3) is 5.56 Å². The Bertz CT molecular complexity index is 1360. The first-order chi connectivity index (χ1) is 16.7. The van der Waals surface area contributed by atoms with Crippen LogP contribution in [-0.4, -0.2) is 28.8 Å². The molecule has 0 atom stereocenters. The molecule has 184 valence electrons. The van der Waals surface area contributed by atoms with Crippen LogP contribution in [0, 0.1) is 5.82 Å². The number of aromatic nitrogens is 3. The molecule has 0 saturated carbocycles. The van der Waals surface area contributed by atoms with Gasteiger partial charge in [-0.1, -0.05) is 50.0 Å². The fourth-order valence-corrected chi connectivity index (χ4v) is 4.51. The molecule has 9 heteroatoms. The molecule has 0 unspecified atom stereocenters. The highest BCUT2D eigenvalue weighted by Gasteiger charge is 2.20. The van der Waals surface area contributed by atoms with Crippen LogP contribution in [0.4, 0.5) is 10.1 Å². The van der Waals surface area contributed by atoms with Crippen LogP contribution in [0.5, 0.6) is 5.75 Å². The molecule has 0 radical (unpaired) electrons. The number of ether oxygens (including phenoxy) is 2. The van der Waals surface area contributed by atoms with Crippen LogP contribution in [0.25, 0.3) is 11.0 Å².